The van der Waals surface area contributed by atoms with Gasteiger partial charge in [-0.25, -0.2) is 0 Å². The molecule has 0 unspecified atom stereocenters. The maximum atomic E-state index is 12.6. The molecule has 1 aliphatic heterocycles. The van der Waals surface area contributed by atoms with Crippen molar-refractivity contribution in [3.63, 3.8) is 0 Å². The lowest BCUT2D eigenvalue weighted by Gasteiger charge is -2.14. The van der Waals surface area contributed by atoms with E-state index in [4.69, 9.17) is 4.74 Å². The quantitative estimate of drug-likeness (QED) is 0.528. The molecule has 4 aromatic rings. The summed E-state index contributed by atoms with van der Waals surface area (Å²) in [5.74, 6) is 0.770. The van der Waals surface area contributed by atoms with Gasteiger partial charge in [0.15, 0.2) is 0 Å². The molecule has 2 aromatic carbocycles. The molecule has 0 saturated carbocycles. The van der Waals surface area contributed by atoms with Crippen molar-refractivity contribution in [3.05, 3.63) is 76.7 Å². The number of aromatic nitrogens is 3. The summed E-state index contributed by atoms with van der Waals surface area (Å²) in [6.45, 7) is 6.43. The van der Waals surface area contributed by atoms with E-state index in [1.165, 1.54) is 11.1 Å². The van der Waals surface area contributed by atoms with E-state index in [0.29, 0.717) is 12.2 Å². The lowest BCUT2D eigenvalue weighted by molar-refractivity contribution is 0.0924. The number of rotatable bonds is 4. The Labute approximate surface area is 187 Å². The molecule has 3 heterocycles. The fraction of sp³-hybridized carbons (Fsp3) is 0.269. The van der Waals surface area contributed by atoms with Crippen molar-refractivity contribution in [1.29, 1.82) is 0 Å². The Morgan fingerprint density at radius 1 is 1.09 bits per heavy atom. The number of pyridine rings is 1. The molecule has 32 heavy (non-hydrogen) atoms. The summed E-state index contributed by atoms with van der Waals surface area (Å²) in [5, 5.41) is 8.35. The van der Waals surface area contributed by atoms with Crippen molar-refractivity contribution >= 4 is 16.8 Å². The third kappa shape index (κ3) is 3.73. The standard InChI is InChI=1S/C26H26N4O2/c1-15-9-20-13-21(14-27-26(31)24-11-17(3)29-30(24)4)32-25(20)22(10-15)18-7-8-23-19(12-18)6-5-16(2)28-23/h5-12,21H,13-14H2,1-4H3,(H,27,31)/t21-/m0/s1. The molecule has 0 aliphatic carbocycles. The summed E-state index contributed by atoms with van der Waals surface area (Å²) in [7, 11) is 1.78. The molecule has 162 valence electrons. The molecule has 0 spiro atoms. The van der Waals surface area contributed by atoms with Gasteiger partial charge in [0.05, 0.1) is 17.8 Å². The Kier molecular flexibility index (Phi) is 4.93. The van der Waals surface area contributed by atoms with E-state index in [1.807, 2.05) is 19.9 Å². The van der Waals surface area contributed by atoms with Gasteiger partial charge >= 0.3 is 0 Å². The summed E-state index contributed by atoms with van der Waals surface area (Å²) in [6, 6.07) is 16.6. The monoisotopic (exact) mass is 426 g/mol. The molecule has 0 fully saturated rings. The van der Waals surface area contributed by atoms with E-state index in [0.717, 1.165) is 45.6 Å². The fourth-order valence-electron chi connectivity index (χ4n) is 4.44. The molecule has 1 amide bonds. The smallest absolute Gasteiger partial charge is 0.269 e. The predicted octanol–water partition coefficient (Wildman–Crippen LogP) is 4.29. The van der Waals surface area contributed by atoms with Crippen LogP contribution in [0.1, 0.15) is 33.0 Å². The van der Waals surface area contributed by atoms with Gasteiger partial charge in [-0.15, -0.1) is 0 Å². The Morgan fingerprint density at radius 2 is 1.94 bits per heavy atom. The molecule has 0 bridgehead atoms. The van der Waals surface area contributed by atoms with Crippen LogP contribution in [-0.4, -0.2) is 33.3 Å². The molecular formula is C26H26N4O2. The zero-order chi connectivity index (χ0) is 22.4. The number of nitrogens with zero attached hydrogens (tertiary/aromatic N) is 3. The van der Waals surface area contributed by atoms with Crippen LogP contribution in [-0.2, 0) is 13.5 Å². The lowest BCUT2D eigenvalue weighted by atomic mass is 9.97. The molecule has 2 aromatic heterocycles. The second-order valence-electron chi connectivity index (χ2n) is 8.61. The average molecular weight is 427 g/mol. The zero-order valence-corrected chi connectivity index (χ0v) is 18.8. The van der Waals surface area contributed by atoms with Gasteiger partial charge in [-0.1, -0.05) is 18.2 Å². The number of aryl methyl sites for hydroxylation is 4. The van der Waals surface area contributed by atoms with E-state index >= 15 is 0 Å². The lowest BCUT2D eigenvalue weighted by Crippen LogP contribution is -2.35. The topological polar surface area (TPSA) is 69.0 Å². The van der Waals surface area contributed by atoms with Gasteiger partial charge in [0.25, 0.3) is 5.91 Å². The van der Waals surface area contributed by atoms with Gasteiger partial charge in [0, 0.05) is 30.1 Å². The summed E-state index contributed by atoms with van der Waals surface area (Å²) >= 11 is 0. The minimum Gasteiger partial charge on any atom is -0.487 e. The van der Waals surface area contributed by atoms with Crippen molar-refractivity contribution in [2.75, 3.05) is 6.54 Å². The first-order valence-electron chi connectivity index (χ1n) is 10.8. The first kappa shape index (κ1) is 20.2. The highest BCUT2D eigenvalue weighted by molar-refractivity contribution is 5.92. The minimum atomic E-state index is -0.138. The molecule has 5 rings (SSSR count). The maximum Gasteiger partial charge on any atom is 0.269 e. The number of hydrogen-bond donors (Lipinski definition) is 1. The minimum absolute atomic E-state index is 0.103. The highest BCUT2D eigenvalue weighted by Crippen LogP contribution is 2.40. The summed E-state index contributed by atoms with van der Waals surface area (Å²) in [6.07, 6.45) is 0.664. The van der Waals surface area contributed by atoms with Crippen LogP contribution in [0.3, 0.4) is 0 Å². The predicted molar refractivity (Wildman–Crippen MR) is 125 cm³/mol. The van der Waals surface area contributed by atoms with E-state index in [2.05, 4.69) is 58.7 Å². The van der Waals surface area contributed by atoms with Gasteiger partial charge in [0.2, 0.25) is 0 Å². The van der Waals surface area contributed by atoms with Crippen LogP contribution in [0.15, 0.2) is 48.5 Å². The third-order valence-corrected chi connectivity index (χ3v) is 5.91. The van der Waals surface area contributed by atoms with Gasteiger partial charge in [-0.3, -0.25) is 14.5 Å². The third-order valence-electron chi connectivity index (χ3n) is 5.91. The fourth-order valence-corrected chi connectivity index (χ4v) is 4.44. The van der Waals surface area contributed by atoms with Crippen molar-refractivity contribution < 1.29 is 9.53 Å². The first-order valence-corrected chi connectivity index (χ1v) is 10.8. The van der Waals surface area contributed by atoms with E-state index in [9.17, 15) is 4.79 Å². The maximum absolute atomic E-state index is 12.6. The van der Waals surface area contributed by atoms with Crippen LogP contribution in [0.2, 0.25) is 0 Å². The molecule has 1 aliphatic rings. The highest BCUT2D eigenvalue weighted by atomic mass is 16.5. The Balaban J connectivity index is 1.38. The molecule has 6 nitrogen and oxygen atoms in total. The Hall–Kier alpha value is -3.67. The normalized spacial score (nSPS) is 14.9. The zero-order valence-electron chi connectivity index (χ0n) is 18.8. The second-order valence-corrected chi connectivity index (χ2v) is 8.61. The number of amides is 1. The summed E-state index contributed by atoms with van der Waals surface area (Å²) in [4.78, 5) is 17.2. The Morgan fingerprint density at radius 3 is 2.72 bits per heavy atom. The van der Waals surface area contributed by atoms with Crippen LogP contribution < -0.4 is 10.1 Å². The first-order chi connectivity index (χ1) is 15.4. The number of nitrogens with one attached hydrogen (secondary N) is 1. The molecule has 1 N–H and O–H groups in total. The van der Waals surface area contributed by atoms with Crippen LogP contribution >= 0.6 is 0 Å². The van der Waals surface area contributed by atoms with Gasteiger partial charge < -0.3 is 10.1 Å². The second kappa shape index (κ2) is 7.79. The number of hydrogen-bond acceptors (Lipinski definition) is 4. The summed E-state index contributed by atoms with van der Waals surface area (Å²) < 4.78 is 7.95. The largest absolute Gasteiger partial charge is 0.487 e. The molecular weight excluding hydrogens is 400 g/mol. The molecule has 0 saturated heterocycles. The van der Waals surface area contributed by atoms with Crippen LogP contribution in [0.5, 0.6) is 5.75 Å². The average Bonchev–Trinajstić information content (AvgIpc) is 3.32. The molecule has 1 atom stereocenters. The molecule has 0 radical (unpaired) electrons. The number of ether oxygens (including phenoxy) is 1. The van der Waals surface area contributed by atoms with Crippen molar-refractivity contribution in [1.82, 2.24) is 20.1 Å². The number of carbonyl (C=O) groups excluding carboxylic acids is 1. The number of benzene rings is 2. The Bertz CT molecular complexity index is 1360. The van der Waals surface area contributed by atoms with Crippen LogP contribution in [0.25, 0.3) is 22.0 Å². The van der Waals surface area contributed by atoms with Crippen molar-refractivity contribution in [2.24, 2.45) is 7.05 Å². The van der Waals surface area contributed by atoms with E-state index < -0.39 is 0 Å². The van der Waals surface area contributed by atoms with Gasteiger partial charge in [0.1, 0.15) is 17.5 Å². The van der Waals surface area contributed by atoms with Crippen LogP contribution in [0.4, 0.5) is 0 Å². The van der Waals surface area contributed by atoms with Gasteiger partial charge in [-0.2, -0.15) is 5.10 Å². The van der Waals surface area contributed by atoms with E-state index in [1.54, 1.807) is 17.8 Å². The van der Waals surface area contributed by atoms with Crippen molar-refractivity contribution in [2.45, 2.75) is 33.3 Å². The highest BCUT2D eigenvalue weighted by Gasteiger charge is 2.27. The van der Waals surface area contributed by atoms with Crippen LogP contribution in [0, 0.1) is 20.8 Å². The van der Waals surface area contributed by atoms with Crippen molar-refractivity contribution in [3.8, 4) is 16.9 Å². The summed E-state index contributed by atoms with van der Waals surface area (Å²) in [5.41, 5.74) is 7.94. The number of carbonyl (C=O) groups is 1. The SMILES string of the molecule is Cc1cc2c(c(-c3ccc4nc(C)ccc4c3)c1)O[C@H](CNC(=O)c1cc(C)nn1C)C2. The number of fused-ring (bicyclic) bond motifs is 2. The van der Waals surface area contributed by atoms with Gasteiger partial charge in [-0.05, 0) is 67.8 Å². The van der Waals surface area contributed by atoms with E-state index in [-0.39, 0.29) is 12.0 Å². The molecule has 6 heteroatoms.